The molecule has 0 fully saturated rings. The van der Waals surface area contributed by atoms with Crippen molar-refractivity contribution in [2.45, 2.75) is 6.54 Å². The number of rotatable bonds is 6. The van der Waals surface area contributed by atoms with E-state index in [0.717, 1.165) is 15.6 Å². The summed E-state index contributed by atoms with van der Waals surface area (Å²) in [7, 11) is 0. The second-order valence-electron chi connectivity index (χ2n) is 13.2. The van der Waals surface area contributed by atoms with Crippen molar-refractivity contribution in [3.05, 3.63) is 192 Å². The zero-order chi connectivity index (χ0) is 47.6. The Morgan fingerprint density at radius 1 is 0.328 bits per heavy atom. The van der Waals surface area contributed by atoms with Crippen molar-refractivity contribution in [2.75, 3.05) is 0 Å². The van der Waals surface area contributed by atoms with E-state index in [0.29, 0.717) is 0 Å². The lowest BCUT2D eigenvalue weighted by Gasteiger charge is -2.44. The van der Waals surface area contributed by atoms with Gasteiger partial charge in [0, 0.05) is 38.1 Å². The van der Waals surface area contributed by atoms with Gasteiger partial charge in [0.05, 0.1) is 5.39 Å². The summed E-state index contributed by atoms with van der Waals surface area (Å²) in [5, 5.41) is 1.22. The van der Waals surface area contributed by atoms with Crippen LogP contribution in [-0.4, -0.2) is 6.15 Å². The van der Waals surface area contributed by atoms with Crippen molar-refractivity contribution < 1.29 is 92.4 Å². The van der Waals surface area contributed by atoms with Crippen molar-refractivity contribution in [1.29, 1.82) is 0 Å². The van der Waals surface area contributed by atoms with Crippen molar-refractivity contribution in [1.82, 2.24) is 0 Å². The molecule has 7 aromatic rings. The summed E-state index contributed by atoms with van der Waals surface area (Å²) in [6.45, 7) is 0.856. The highest BCUT2D eigenvalue weighted by Gasteiger charge is 2.52. The first-order chi connectivity index (χ1) is 30.0. The van der Waals surface area contributed by atoms with E-state index in [1.165, 1.54) is 16.5 Å². The summed E-state index contributed by atoms with van der Waals surface area (Å²) in [4.78, 5) is 0. The second-order valence-corrected chi connectivity index (χ2v) is 14.9. The highest BCUT2D eigenvalue weighted by molar-refractivity contribution is 9.10. The van der Waals surface area contributed by atoms with E-state index in [1.54, 1.807) is 0 Å². The van der Waals surface area contributed by atoms with E-state index in [4.69, 9.17) is 0 Å². The molecule has 7 rings (SSSR count). The van der Waals surface area contributed by atoms with Gasteiger partial charge in [0.2, 0.25) is 10.1 Å². The maximum absolute atomic E-state index is 15.4. The van der Waals surface area contributed by atoms with Crippen LogP contribution in [0.15, 0.2) is 69.7 Å². The molecule has 0 aliphatic carbocycles. The topological polar surface area (TPSA) is 3.88 Å². The average Bonchev–Trinajstić information content (AvgIpc) is 3.28. The predicted molar refractivity (Wildman–Crippen MR) is 194 cm³/mol. The zero-order valence-corrected chi connectivity index (χ0v) is 33.5. The molecular formula is C40H12BBr2F20N. The fourth-order valence-electron chi connectivity index (χ4n) is 7.08. The molecule has 0 unspecified atom stereocenters. The van der Waals surface area contributed by atoms with Gasteiger partial charge in [-0.2, -0.15) is 4.57 Å². The third kappa shape index (κ3) is 7.34. The lowest BCUT2D eigenvalue weighted by molar-refractivity contribution is -0.673. The van der Waals surface area contributed by atoms with Gasteiger partial charge >= 0.3 is 0 Å². The number of hydrogen-bond acceptors (Lipinski definition) is 0. The van der Waals surface area contributed by atoms with E-state index in [9.17, 15) is 52.7 Å². The van der Waals surface area contributed by atoms with Gasteiger partial charge < -0.3 is 0 Å². The molecule has 0 N–H and O–H groups in total. The third-order valence-electron chi connectivity index (χ3n) is 9.86. The van der Waals surface area contributed by atoms with Gasteiger partial charge in [-0.15, -0.1) is 21.9 Å². The van der Waals surface area contributed by atoms with Crippen LogP contribution >= 0.6 is 31.9 Å². The summed E-state index contributed by atoms with van der Waals surface area (Å²) in [5.41, 5.74) is -11.8. The van der Waals surface area contributed by atoms with Crippen LogP contribution in [0.5, 0.6) is 0 Å². The minimum absolute atomic E-state index is 0.856. The Morgan fingerprint density at radius 2 is 0.625 bits per heavy atom. The number of nitrogens with zero attached hydrogens (tertiary/aromatic N) is 1. The molecule has 24 heteroatoms. The standard InChI is InChI=1S/C24BF20.C16H12Br2N/c26-5-1(6(27)14(35)21(42)13(5)34)25(2-7(28)15(36)22(43)16(37)8(2)29,3-9(30)17(38)23(44)18(39)10(3)31)4-11(32)19(40)24(45)20(41)12(4)33;17-14-7-4-8-15-13(14)9-10-16(18)19(15)11-12-5-2-1-3-6-12/h;1-10H,11H2/q-1;+1. The average molecular weight is 1060 g/mol. The summed E-state index contributed by atoms with van der Waals surface area (Å²) in [5.74, 6) is -71.4. The van der Waals surface area contributed by atoms with Gasteiger partial charge in [-0.05, 0) is 28.1 Å². The maximum Gasteiger partial charge on any atom is 0.248 e. The Balaban J connectivity index is 0.000000295. The number of pyridine rings is 1. The summed E-state index contributed by atoms with van der Waals surface area (Å²) in [6, 6.07) is 21.0. The van der Waals surface area contributed by atoms with Gasteiger partial charge in [0.1, 0.15) is 52.7 Å². The molecule has 1 heterocycles. The smallest absolute Gasteiger partial charge is 0.207 e. The van der Waals surface area contributed by atoms with E-state index in [1.807, 2.05) is 6.07 Å². The molecule has 0 aliphatic rings. The Labute approximate surface area is 360 Å². The summed E-state index contributed by atoms with van der Waals surface area (Å²) >= 11 is 7.26. The van der Waals surface area contributed by atoms with Gasteiger partial charge in [-0.1, -0.05) is 36.4 Å². The van der Waals surface area contributed by atoms with Gasteiger partial charge in [0.25, 0.3) is 0 Å². The van der Waals surface area contributed by atoms with Gasteiger partial charge in [-0.3, -0.25) is 0 Å². The number of halogens is 22. The Hall–Kier alpha value is -5.65. The lowest BCUT2D eigenvalue weighted by atomic mass is 9.12. The van der Waals surface area contributed by atoms with Crippen molar-refractivity contribution in [3.63, 3.8) is 0 Å². The second kappa shape index (κ2) is 17.7. The monoisotopic (exact) mass is 1050 g/mol. The van der Waals surface area contributed by atoms with E-state index in [-0.39, 0.29) is 0 Å². The van der Waals surface area contributed by atoms with Gasteiger partial charge in [0.15, 0.2) is 76.4 Å². The van der Waals surface area contributed by atoms with Crippen LogP contribution in [0.3, 0.4) is 0 Å². The van der Waals surface area contributed by atoms with E-state index in [2.05, 4.69) is 91.0 Å². The first kappa shape index (κ1) is 47.8. The van der Waals surface area contributed by atoms with Gasteiger partial charge in [-0.25, -0.2) is 87.8 Å². The maximum atomic E-state index is 15.4. The first-order valence-corrected chi connectivity index (χ1v) is 18.6. The minimum Gasteiger partial charge on any atom is -0.207 e. The molecule has 6 aromatic carbocycles. The van der Waals surface area contributed by atoms with E-state index >= 15 is 35.1 Å². The molecule has 0 spiro atoms. The zero-order valence-electron chi connectivity index (χ0n) is 30.3. The predicted octanol–water partition coefficient (Wildman–Crippen LogP) is 10.5. The van der Waals surface area contributed by atoms with Crippen LogP contribution in [0.25, 0.3) is 10.9 Å². The number of aromatic nitrogens is 1. The minimum atomic E-state index is -7.22. The Kier molecular flexibility index (Phi) is 13.3. The SMILES string of the molecule is Brc1cccc2c1ccc(Br)[n+]2Cc1ccccc1.Fc1c(F)c(F)c([B-](c2c(F)c(F)c(F)c(F)c2F)(c2c(F)c(F)c(F)c(F)c2F)c2c(F)c(F)c(F)c(F)c2F)c(F)c1F. The molecule has 0 saturated heterocycles. The first-order valence-electron chi connectivity index (χ1n) is 17.0. The molecule has 0 bridgehead atoms. The molecule has 64 heavy (non-hydrogen) atoms. The molecule has 334 valence electrons. The molecule has 0 aliphatic heterocycles. The van der Waals surface area contributed by atoms with Crippen LogP contribution in [0.4, 0.5) is 87.8 Å². The molecule has 0 atom stereocenters. The summed E-state index contributed by atoms with van der Waals surface area (Å²) in [6.07, 6.45) is -7.22. The third-order valence-corrected chi connectivity index (χ3v) is 11.2. The summed E-state index contributed by atoms with van der Waals surface area (Å²) < 4.78 is 298. The highest BCUT2D eigenvalue weighted by atomic mass is 79.9. The molecule has 0 amide bonds. The number of benzene rings is 6. The van der Waals surface area contributed by atoms with Crippen molar-refractivity contribution in [3.8, 4) is 0 Å². The number of hydrogen-bond donors (Lipinski definition) is 0. The van der Waals surface area contributed by atoms with Crippen molar-refractivity contribution >= 4 is 70.8 Å². The van der Waals surface area contributed by atoms with Crippen LogP contribution in [0.2, 0.25) is 0 Å². The molecular weight excluding hydrogens is 1050 g/mol. The van der Waals surface area contributed by atoms with E-state index < -0.39 is 144 Å². The molecule has 0 saturated carbocycles. The Morgan fingerprint density at radius 3 is 0.938 bits per heavy atom. The highest BCUT2D eigenvalue weighted by Crippen LogP contribution is 2.31. The Bertz CT molecular complexity index is 2680. The fourth-order valence-corrected chi connectivity index (χ4v) is 8.02. The molecule has 1 nitrogen and oxygen atoms in total. The van der Waals surface area contributed by atoms with Crippen LogP contribution in [-0.2, 0) is 6.54 Å². The fraction of sp³-hybridized carbons (Fsp3) is 0.0250. The largest absolute Gasteiger partial charge is 0.248 e. The van der Waals surface area contributed by atoms with Crippen LogP contribution in [0.1, 0.15) is 5.56 Å². The van der Waals surface area contributed by atoms with Crippen LogP contribution < -0.4 is 26.4 Å². The number of fused-ring (bicyclic) bond motifs is 1. The lowest BCUT2D eigenvalue weighted by Crippen LogP contribution is -2.81. The van der Waals surface area contributed by atoms with Crippen LogP contribution in [0, 0.1) is 116 Å². The molecule has 1 aromatic heterocycles. The molecule has 0 radical (unpaired) electrons. The normalized spacial score (nSPS) is 11.7. The van der Waals surface area contributed by atoms with Crippen molar-refractivity contribution in [2.24, 2.45) is 0 Å². The quantitative estimate of drug-likeness (QED) is 0.0390.